The highest BCUT2D eigenvalue weighted by atomic mass is 15.3. The zero-order valence-electron chi connectivity index (χ0n) is 15.9. The van der Waals surface area contributed by atoms with Gasteiger partial charge in [-0.3, -0.25) is 4.57 Å². The molecule has 27 heavy (non-hydrogen) atoms. The maximum absolute atomic E-state index is 4.35. The van der Waals surface area contributed by atoms with E-state index in [1.807, 2.05) is 10.6 Å². The average Bonchev–Trinajstić information content (AvgIpc) is 3.18. The third kappa shape index (κ3) is 3.54. The van der Waals surface area contributed by atoms with E-state index in [-0.39, 0.29) is 5.41 Å². The van der Waals surface area contributed by atoms with E-state index in [2.05, 4.69) is 104 Å². The summed E-state index contributed by atoms with van der Waals surface area (Å²) < 4.78 is 2.03. The summed E-state index contributed by atoms with van der Waals surface area (Å²) in [5.41, 5.74) is 5.97. The Kier molecular flexibility index (Phi) is 4.36. The standard InChI is InChI=1S/C24H23N3/c1-24(2,3)21-13-15-22(16-14-21)27-17-25-26-23(27)20-11-9-19(10-12-20)18-7-5-4-6-8-18/h4-17H,1-3H3. The van der Waals surface area contributed by atoms with Gasteiger partial charge in [-0.15, -0.1) is 10.2 Å². The minimum atomic E-state index is 0.141. The van der Waals surface area contributed by atoms with E-state index in [9.17, 15) is 0 Å². The van der Waals surface area contributed by atoms with Gasteiger partial charge in [0, 0.05) is 11.3 Å². The molecule has 0 fully saturated rings. The predicted molar refractivity (Wildman–Crippen MR) is 111 cm³/mol. The number of aromatic nitrogens is 3. The highest BCUT2D eigenvalue weighted by Crippen LogP contribution is 2.27. The van der Waals surface area contributed by atoms with Crippen LogP contribution in [-0.2, 0) is 5.41 Å². The van der Waals surface area contributed by atoms with Crippen LogP contribution < -0.4 is 0 Å². The molecule has 1 heterocycles. The first kappa shape index (κ1) is 17.2. The molecule has 0 aliphatic rings. The minimum Gasteiger partial charge on any atom is -0.282 e. The molecule has 3 aromatic carbocycles. The van der Waals surface area contributed by atoms with Crippen LogP contribution in [0.25, 0.3) is 28.2 Å². The summed E-state index contributed by atoms with van der Waals surface area (Å²) in [7, 11) is 0. The number of hydrogen-bond acceptors (Lipinski definition) is 2. The van der Waals surface area contributed by atoms with Gasteiger partial charge in [0.15, 0.2) is 5.82 Å². The lowest BCUT2D eigenvalue weighted by Crippen LogP contribution is -2.10. The summed E-state index contributed by atoms with van der Waals surface area (Å²) in [6, 6.07) is 27.5. The molecular weight excluding hydrogens is 330 g/mol. The van der Waals surface area contributed by atoms with Crippen LogP contribution in [0.4, 0.5) is 0 Å². The lowest BCUT2D eigenvalue weighted by molar-refractivity contribution is 0.590. The van der Waals surface area contributed by atoms with Crippen molar-refractivity contribution in [2.45, 2.75) is 26.2 Å². The van der Waals surface area contributed by atoms with Crippen molar-refractivity contribution in [2.24, 2.45) is 0 Å². The smallest absolute Gasteiger partial charge is 0.168 e. The van der Waals surface area contributed by atoms with Crippen LogP contribution in [0.2, 0.25) is 0 Å². The molecule has 0 radical (unpaired) electrons. The SMILES string of the molecule is CC(C)(C)c1ccc(-n2cnnc2-c2ccc(-c3ccccc3)cc2)cc1. The van der Waals surface area contributed by atoms with Crippen LogP contribution in [0.1, 0.15) is 26.3 Å². The Hall–Kier alpha value is -3.20. The van der Waals surface area contributed by atoms with Gasteiger partial charge in [-0.2, -0.15) is 0 Å². The van der Waals surface area contributed by atoms with Crippen molar-refractivity contribution in [3.63, 3.8) is 0 Å². The molecule has 0 bridgehead atoms. The van der Waals surface area contributed by atoms with Gasteiger partial charge >= 0.3 is 0 Å². The molecule has 3 nitrogen and oxygen atoms in total. The van der Waals surface area contributed by atoms with Crippen molar-refractivity contribution >= 4 is 0 Å². The monoisotopic (exact) mass is 353 g/mol. The predicted octanol–water partition coefficient (Wildman–Crippen LogP) is 5.90. The third-order valence-electron chi connectivity index (χ3n) is 4.81. The number of nitrogens with zero attached hydrogens (tertiary/aromatic N) is 3. The maximum Gasteiger partial charge on any atom is 0.168 e. The molecule has 3 heteroatoms. The molecule has 0 spiro atoms. The summed E-state index contributed by atoms with van der Waals surface area (Å²) in [4.78, 5) is 0. The number of rotatable bonds is 3. The van der Waals surface area contributed by atoms with E-state index >= 15 is 0 Å². The largest absolute Gasteiger partial charge is 0.282 e. The zero-order valence-corrected chi connectivity index (χ0v) is 15.9. The molecule has 4 aromatic rings. The van der Waals surface area contributed by atoms with E-state index in [0.29, 0.717) is 0 Å². The van der Waals surface area contributed by atoms with Crippen molar-refractivity contribution in [2.75, 3.05) is 0 Å². The second kappa shape index (κ2) is 6.84. The fraction of sp³-hybridized carbons (Fsp3) is 0.167. The van der Waals surface area contributed by atoms with Crippen LogP contribution in [0.3, 0.4) is 0 Å². The summed E-state index contributed by atoms with van der Waals surface area (Å²) in [5.74, 6) is 0.845. The lowest BCUT2D eigenvalue weighted by Gasteiger charge is -2.19. The Labute approximate surface area is 160 Å². The Morgan fingerprint density at radius 3 is 1.89 bits per heavy atom. The molecule has 0 saturated carbocycles. The van der Waals surface area contributed by atoms with Gasteiger partial charge in [0.25, 0.3) is 0 Å². The number of hydrogen-bond donors (Lipinski definition) is 0. The van der Waals surface area contributed by atoms with Crippen LogP contribution in [0.5, 0.6) is 0 Å². The van der Waals surface area contributed by atoms with Crippen molar-refractivity contribution < 1.29 is 0 Å². The first-order valence-corrected chi connectivity index (χ1v) is 9.19. The first-order valence-electron chi connectivity index (χ1n) is 9.19. The van der Waals surface area contributed by atoms with Crippen LogP contribution in [0.15, 0.2) is 85.2 Å². The molecule has 0 unspecified atom stereocenters. The fourth-order valence-corrected chi connectivity index (χ4v) is 3.19. The highest BCUT2D eigenvalue weighted by Gasteiger charge is 2.14. The van der Waals surface area contributed by atoms with Gasteiger partial charge in [0.05, 0.1) is 0 Å². The van der Waals surface area contributed by atoms with Crippen LogP contribution in [0, 0.1) is 0 Å². The molecule has 0 aliphatic carbocycles. The molecular formula is C24H23N3. The molecule has 0 N–H and O–H groups in total. The molecule has 0 aliphatic heterocycles. The minimum absolute atomic E-state index is 0.141. The average molecular weight is 353 g/mol. The summed E-state index contributed by atoms with van der Waals surface area (Å²) in [5, 5.41) is 8.49. The molecule has 134 valence electrons. The molecule has 0 atom stereocenters. The second-order valence-electron chi connectivity index (χ2n) is 7.76. The molecule has 0 saturated heterocycles. The van der Waals surface area contributed by atoms with Crippen molar-refractivity contribution in [3.05, 3.63) is 90.8 Å². The summed E-state index contributed by atoms with van der Waals surface area (Å²) >= 11 is 0. The van der Waals surface area contributed by atoms with E-state index in [1.165, 1.54) is 16.7 Å². The van der Waals surface area contributed by atoms with Crippen molar-refractivity contribution in [3.8, 4) is 28.2 Å². The molecule has 0 amide bonds. The van der Waals surface area contributed by atoms with Gasteiger partial charge in [0.1, 0.15) is 6.33 Å². The quantitative estimate of drug-likeness (QED) is 0.459. The topological polar surface area (TPSA) is 30.7 Å². The van der Waals surface area contributed by atoms with E-state index in [1.54, 1.807) is 6.33 Å². The van der Waals surface area contributed by atoms with Crippen LogP contribution in [-0.4, -0.2) is 14.8 Å². The Balaban J connectivity index is 1.66. The third-order valence-corrected chi connectivity index (χ3v) is 4.81. The Morgan fingerprint density at radius 1 is 0.667 bits per heavy atom. The molecule has 1 aromatic heterocycles. The summed E-state index contributed by atoms with van der Waals surface area (Å²) in [6.45, 7) is 6.67. The van der Waals surface area contributed by atoms with Gasteiger partial charge in [0.2, 0.25) is 0 Å². The lowest BCUT2D eigenvalue weighted by atomic mass is 9.87. The van der Waals surface area contributed by atoms with Gasteiger partial charge in [-0.25, -0.2) is 0 Å². The van der Waals surface area contributed by atoms with Crippen molar-refractivity contribution in [1.29, 1.82) is 0 Å². The van der Waals surface area contributed by atoms with E-state index < -0.39 is 0 Å². The Bertz CT molecular complexity index is 1020. The van der Waals surface area contributed by atoms with E-state index in [0.717, 1.165) is 17.1 Å². The van der Waals surface area contributed by atoms with Crippen molar-refractivity contribution in [1.82, 2.24) is 14.8 Å². The molecule has 4 rings (SSSR count). The van der Waals surface area contributed by atoms with Gasteiger partial charge in [-0.1, -0.05) is 87.5 Å². The zero-order chi connectivity index (χ0) is 18.9. The normalized spacial score (nSPS) is 11.5. The van der Waals surface area contributed by atoms with Gasteiger partial charge in [-0.05, 0) is 34.2 Å². The maximum atomic E-state index is 4.35. The van der Waals surface area contributed by atoms with Crippen LogP contribution >= 0.6 is 0 Å². The van der Waals surface area contributed by atoms with Gasteiger partial charge < -0.3 is 0 Å². The highest BCUT2D eigenvalue weighted by molar-refractivity contribution is 5.68. The second-order valence-corrected chi connectivity index (χ2v) is 7.76. The Morgan fingerprint density at radius 2 is 1.26 bits per heavy atom. The summed E-state index contributed by atoms with van der Waals surface area (Å²) in [6.07, 6.45) is 1.77. The van der Waals surface area contributed by atoms with E-state index in [4.69, 9.17) is 0 Å². The number of benzene rings is 3. The first-order chi connectivity index (χ1) is 13.0. The fourth-order valence-electron chi connectivity index (χ4n) is 3.19.